The van der Waals surface area contributed by atoms with Gasteiger partial charge >= 0.3 is 11.0 Å². The van der Waals surface area contributed by atoms with Crippen molar-refractivity contribution < 1.29 is 27.8 Å². The molecule has 0 aromatic carbocycles. The van der Waals surface area contributed by atoms with E-state index in [0.717, 1.165) is 12.8 Å². The van der Waals surface area contributed by atoms with E-state index in [-0.39, 0.29) is 0 Å². The molecule has 0 saturated heterocycles. The molecule has 0 heterocycles. The van der Waals surface area contributed by atoms with Crippen LogP contribution >= 0.6 is 0 Å². The van der Waals surface area contributed by atoms with Gasteiger partial charge in [-0.1, -0.05) is 13.3 Å². The van der Waals surface area contributed by atoms with E-state index in [2.05, 4.69) is 0 Å². The van der Waals surface area contributed by atoms with Crippen LogP contribution in [0.4, 0.5) is 4.39 Å². The van der Waals surface area contributed by atoms with Gasteiger partial charge in [-0.05, 0) is 19.3 Å². The minimum Gasteiger partial charge on any atom is -0.456 e. The third-order valence-corrected chi connectivity index (χ3v) is 3.97. The van der Waals surface area contributed by atoms with Gasteiger partial charge in [-0.2, -0.15) is 0 Å². The Morgan fingerprint density at radius 3 is 2.59 bits per heavy atom. The summed E-state index contributed by atoms with van der Waals surface area (Å²) in [4.78, 5) is 11.5. The molecule has 0 aromatic heterocycles. The van der Waals surface area contributed by atoms with Crippen molar-refractivity contribution in [3.63, 3.8) is 0 Å². The smallest absolute Gasteiger partial charge is 0.360 e. The summed E-state index contributed by atoms with van der Waals surface area (Å²) in [5.41, 5.74) is 0. The van der Waals surface area contributed by atoms with Crippen molar-refractivity contribution in [2.75, 3.05) is 0 Å². The lowest BCUT2D eigenvalue weighted by Crippen LogP contribution is -2.44. The lowest BCUT2D eigenvalue weighted by molar-refractivity contribution is -0.166. The molecular formula is C10H17FO5S. The SMILES string of the molecule is CCC(F)(C(=O)OC1CCCCC1O)S(=O)O. The fourth-order valence-corrected chi connectivity index (χ4v) is 2.22. The second-order valence-corrected chi connectivity index (χ2v) is 5.27. The van der Waals surface area contributed by atoms with Crippen molar-refractivity contribution >= 4 is 17.0 Å². The number of carbonyl (C=O) groups excluding carboxylic acids is 1. The second kappa shape index (κ2) is 5.88. The van der Waals surface area contributed by atoms with Crippen LogP contribution < -0.4 is 0 Å². The highest BCUT2D eigenvalue weighted by atomic mass is 32.2. The number of carbonyl (C=O) groups is 1. The number of esters is 1. The number of hydrogen-bond donors (Lipinski definition) is 2. The minimum absolute atomic E-state index is 0.447. The molecule has 4 atom stereocenters. The van der Waals surface area contributed by atoms with Crippen molar-refractivity contribution in [3.8, 4) is 0 Å². The molecule has 2 N–H and O–H groups in total. The highest BCUT2D eigenvalue weighted by Crippen LogP contribution is 2.26. The van der Waals surface area contributed by atoms with Crippen LogP contribution in [0.1, 0.15) is 39.0 Å². The number of hydrogen-bond acceptors (Lipinski definition) is 4. The summed E-state index contributed by atoms with van der Waals surface area (Å²) >= 11 is -2.94. The Kier molecular flexibility index (Phi) is 5.03. The lowest BCUT2D eigenvalue weighted by atomic mass is 9.95. The van der Waals surface area contributed by atoms with Gasteiger partial charge in [0.1, 0.15) is 6.10 Å². The number of aliphatic hydroxyl groups excluding tert-OH is 1. The van der Waals surface area contributed by atoms with Gasteiger partial charge in [0.25, 0.3) is 0 Å². The van der Waals surface area contributed by atoms with Crippen molar-refractivity contribution in [2.45, 2.75) is 56.2 Å². The van der Waals surface area contributed by atoms with E-state index >= 15 is 0 Å². The molecule has 1 fully saturated rings. The molecule has 0 radical (unpaired) electrons. The number of aliphatic hydroxyl groups is 1. The molecule has 0 aromatic rings. The Labute approximate surface area is 102 Å². The fraction of sp³-hybridized carbons (Fsp3) is 0.900. The van der Waals surface area contributed by atoms with Crippen molar-refractivity contribution in [1.82, 2.24) is 0 Å². The van der Waals surface area contributed by atoms with Crippen molar-refractivity contribution in [2.24, 2.45) is 0 Å². The summed E-state index contributed by atoms with van der Waals surface area (Å²) in [6, 6.07) is 0. The topological polar surface area (TPSA) is 83.8 Å². The van der Waals surface area contributed by atoms with Crippen LogP contribution in [0.2, 0.25) is 0 Å². The quantitative estimate of drug-likeness (QED) is 0.590. The first-order chi connectivity index (χ1) is 7.91. The zero-order chi connectivity index (χ0) is 13.1. The number of alkyl halides is 1. The van der Waals surface area contributed by atoms with Crippen LogP contribution in [0, 0.1) is 0 Å². The third kappa shape index (κ3) is 3.23. The highest BCUT2D eigenvalue weighted by Gasteiger charge is 2.47. The third-order valence-electron chi connectivity index (χ3n) is 2.96. The van der Waals surface area contributed by atoms with E-state index in [1.54, 1.807) is 0 Å². The molecule has 0 aliphatic heterocycles. The Hall–Kier alpha value is -0.530. The molecule has 1 aliphatic carbocycles. The van der Waals surface area contributed by atoms with Gasteiger partial charge in [0.05, 0.1) is 6.10 Å². The van der Waals surface area contributed by atoms with Crippen LogP contribution in [0.25, 0.3) is 0 Å². The Balaban J connectivity index is 2.67. The zero-order valence-electron chi connectivity index (χ0n) is 9.60. The summed E-state index contributed by atoms with van der Waals surface area (Å²) in [5.74, 6) is -1.37. The Morgan fingerprint density at radius 2 is 2.12 bits per heavy atom. The van der Waals surface area contributed by atoms with Gasteiger partial charge in [0, 0.05) is 6.42 Å². The maximum Gasteiger partial charge on any atom is 0.360 e. The normalized spacial score (nSPS) is 30.4. The number of halogens is 1. The van der Waals surface area contributed by atoms with Gasteiger partial charge in [0.15, 0.2) is 0 Å². The van der Waals surface area contributed by atoms with Crippen molar-refractivity contribution in [1.29, 1.82) is 0 Å². The summed E-state index contributed by atoms with van der Waals surface area (Å²) < 4.78 is 38.2. The molecule has 1 rings (SSSR count). The molecule has 100 valence electrons. The summed E-state index contributed by atoms with van der Waals surface area (Å²) in [5, 5.41) is 6.65. The van der Waals surface area contributed by atoms with Gasteiger partial charge in [-0.15, -0.1) is 0 Å². The molecule has 1 saturated carbocycles. The summed E-state index contributed by atoms with van der Waals surface area (Å²) in [6.07, 6.45) is 0.509. The number of rotatable bonds is 4. The molecule has 0 bridgehead atoms. The zero-order valence-corrected chi connectivity index (χ0v) is 10.4. The van der Waals surface area contributed by atoms with Gasteiger partial charge in [-0.3, -0.25) is 0 Å². The van der Waals surface area contributed by atoms with E-state index in [0.29, 0.717) is 12.8 Å². The molecule has 5 nitrogen and oxygen atoms in total. The van der Waals surface area contributed by atoms with E-state index < -0.39 is 40.7 Å². The van der Waals surface area contributed by atoms with E-state index in [9.17, 15) is 18.5 Å². The van der Waals surface area contributed by atoms with Crippen LogP contribution in [0.3, 0.4) is 0 Å². The predicted octanol–water partition coefficient (Wildman–Crippen LogP) is 1.13. The van der Waals surface area contributed by atoms with Crippen LogP contribution in [0.15, 0.2) is 0 Å². The van der Waals surface area contributed by atoms with Gasteiger partial charge in [-0.25, -0.2) is 13.4 Å². The van der Waals surface area contributed by atoms with Crippen molar-refractivity contribution in [3.05, 3.63) is 0 Å². The van der Waals surface area contributed by atoms with Crippen LogP contribution in [-0.2, 0) is 20.6 Å². The monoisotopic (exact) mass is 268 g/mol. The predicted molar refractivity (Wildman–Crippen MR) is 59.3 cm³/mol. The first-order valence-electron chi connectivity index (χ1n) is 5.60. The van der Waals surface area contributed by atoms with E-state index in [4.69, 9.17) is 9.29 Å². The first kappa shape index (κ1) is 14.5. The lowest BCUT2D eigenvalue weighted by Gasteiger charge is -2.29. The fourth-order valence-electron chi connectivity index (χ4n) is 1.78. The van der Waals surface area contributed by atoms with Crippen LogP contribution in [0.5, 0.6) is 0 Å². The molecule has 4 unspecified atom stereocenters. The standard InChI is InChI=1S/C10H17FO5S/c1-2-10(11,17(14)15)9(13)16-8-6-4-3-5-7(8)12/h7-8,12H,2-6H2,1H3,(H,14,15). The van der Waals surface area contributed by atoms with Gasteiger partial charge < -0.3 is 14.4 Å². The molecular weight excluding hydrogens is 251 g/mol. The maximum absolute atomic E-state index is 13.8. The van der Waals surface area contributed by atoms with Gasteiger partial charge in [0.2, 0.25) is 11.1 Å². The summed E-state index contributed by atoms with van der Waals surface area (Å²) in [6.45, 7) is 1.28. The van der Waals surface area contributed by atoms with Crippen LogP contribution in [-0.4, -0.2) is 37.0 Å². The van der Waals surface area contributed by atoms with E-state index in [1.165, 1.54) is 6.92 Å². The maximum atomic E-state index is 13.8. The molecule has 1 aliphatic rings. The molecule has 0 amide bonds. The highest BCUT2D eigenvalue weighted by molar-refractivity contribution is 7.81. The average Bonchev–Trinajstić information content (AvgIpc) is 2.30. The minimum atomic E-state index is -2.94. The molecule has 17 heavy (non-hydrogen) atoms. The first-order valence-corrected chi connectivity index (χ1v) is 6.71. The number of ether oxygens (including phenoxy) is 1. The largest absolute Gasteiger partial charge is 0.456 e. The summed E-state index contributed by atoms with van der Waals surface area (Å²) in [7, 11) is 0. The average molecular weight is 268 g/mol. The Morgan fingerprint density at radius 1 is 1.53 bits per heavy atom. The molecule has 0 spiro atoms. The second-order valence-electron chi connectivity index (χ2n) is 4.13. The Bertz CT molecular complexity index is 311. The van der Waals surface area contributed by atoms with E-state index in [1.807, 2.05) is 0 Å². The molecule has 7 heteroatoms.